The smallest absolute Gasteiger partial charge is 0.264 e. The van der Waals surface area contributed by atoms with Gasteiger partial charge in [-0.05, 0) is 24.3 Å². The molecule has 104 valence electrons. The number of benzene rings is 1. The van der Waals surface area contributed by atoms with Gasteiger partial charge in [0.1, 0.15) is 5.75 Å². The van der Waals surface area contributed by atoms with Crippen LogP contribution in [0.2, 0.25) is 0 Å². The summed E-state index contributed by atoms with van der Waals surface area (Å²) in [5, 5.41) is 2.97. The molecule has 0 spiro atoms. The first-order valence-corrected chi connectivity index (χ1v) is 7.30. The molecule has 0 saturated heterocycles. The van der Waals surface area contributed by atoms with E-state index in [2.05, 4.69) is 26.2 Å². The molecule has 1 aromatic heterocycles. The first kappa shape index (κ1) is 14.7. The summed E-state index contributed by atoms with van der Waals surface area (Å²) in [6, 6.07) is 7.17. The van der Waals surface area contributed by atoms with Crippen molar-refractivity contribution in [1.29, 1.82) is 0 Å². The van der Waals surface area contributed by atoms with Crippen molar-refractivity contribution >= 4 is 44.1 Å². The number of rotatable bonds is 5. The van der Waals surface area contributed by atoms with Crippen molar-refractivity contribution in [3.05, 3.63) is 39.8 Å². The highest BCUT2D eigenvalue weighted by Gasteiger charge is 2.09. The lowest BCUT2D eigenvalue weighted by molar-refractivity contribution is -0.118. The van der Waals surface area contributed by atoms with Crippen molar-refractivity contribution in [2.45, 2.75) is 6.92 Å². The zero-order chi connectivity index (χ0) is 14.5. The van der Waals surface area contributed by atoms with Gasteiger partial charge in [-0.2, -0.15) is 0 Å². The van der Waals surface area contributed by atoms with E-state index < -0.39 is 0 Å². The van der Waals surface area contributed by atoms with Crippen LogP contribution in [-0.4, -0.2) is 23.3 Å². The van der Waals surface area contributed by atoms with Crippen LogP contribution in [0.1, 0.15) is 16.6 Å². The zero-order valence-corrected chi connectivity index (χ0v) is 13.0. The topological polar surface area (TPSA) is 68.3 Å². The largest absolute Gasteiger partial charge is 0.484 e. The van der Waals surface area contributed by atoms with Gasteiger partial charge in [-0.25, -0.2) is 4.98 Å². The summed E-state index contributed by atoms with van der Waals surface area (Å²) in [5.74, 6) is 0.207. The molecule has 0 aliphatic carbocycles. The first-order valence-electron chi connectivity index (χ1n) is 5.69. The van der Waals surface area contributed by atoms with Gasteiger partial charge in [0.25, 0.3) is 5.91 Å². The van der Waals surface area contributed by atoms with Crippen molar-refractivity contribution in [2.24, 2.45) is 0 Å². The van der Waals surface area contributed by atoms with Gasteiger partial charge >= 0.3 is 0 Å². The average molecular weight is 355 g/mol. The van der Waals surface area contributed by atoms with Gasteiger partial charge in [0.05, 0.1) is 11.1 Å². The predicted molar refractivity (Wildman–Crippen MR) is 80.4 cm³/mol. The van der Waals surface area contributed by atoms with Crippen molar-refractivity contribution in [1.82, 2.24) is 4.98 Å². The van der Waals surface area contributed by atoms with Crippen LogP contribution in [0, 0.1) is 0 Å². The number of carbonyl (C=O) groups excluding carboxylic acids is 2. The van der Waals surface area contributed by atoms with Gasteiger partial charge in [-0.3, -0.25) is 14.9 Å². The number of thiazole rings is 1. The Morgan fingerprint density at radius 1 is 1.35 bits per heavy atom. The standard InChI is InChI=1S/C13H11BrN2O3S/c1-8(17)11-6-15-13(20-11)16-12(18)7-19-10-4-2-9(14)3-5-10/h2-6H,7H2,1H3,(H,15,16,18). The van der Waals surface area contributed by atoms with Crippen molar-refractivity contribution in [3.8, 4) is 5.75 Å². The van der Waals surface area contributed by atoms with Crippen LogP contribution in [0.4, 0.5) is 5.13 Å². The Morgan fingerprint density at radius 3 is 2.65 bits per heavy atom. The predicted octanol–water partition coefficient (Wildman–Crippen LogP) is 3.13. The first-order chi connectivity index (χ1) is 9.54. The van der Waals surface area contributed by atoms with Crippen molar-refractivity contribution in [2.75, 3.05) is 11.9 Å². The molecule has 2 aromatic rings. The van der Waals surface area contributed by atoms with Crippen LogP contribution < -0.4 is 10.1 Å². The number of hydrogen-bond acceptors (Lipinski definition) is 5. The third-order valence-electron chi connectivity index (χ3n) is 2.28. The number of ether oxygens (including phenoxy) is 1. The number of hydrogen-bond donors (Lipinski definition) is 1. The van der Waals surface area contributed by atoms with E-state index in [1.54, 1.807) is 12.1 Å². The highest BCUT2D eigenvalue weighted by atomic mass is 79.9. The molecule has 2 rings (SSSR count). The monoisotopic (exact) mass is 354 g/mol. The molecule has 0 radical (unpaired) electrons. The van der Waals surface area contributed by atoms with Gasteiger partial charge in [0.2, 0.25) is 0 Å². The summed E-state index contributed by atoms with van der Waals surface area (Å²) in [6.07, 6.45) is 1.44. The Bertz CT molecular complexity index is 625. The molecule has 1 aromatic carbocycles. The summed E-state index contributed by atoms with van der Waals surface area (Å²) in [5.41, 5.74) is 0. The lowest BCUT2D eigenvalue weighted by Crippen LogP contribution is -2.19. The van der Waals surface area contributed by atoms with Gasteiger partial charge in [0.15, 0.2) is 17.5 Å². The van der Waals surface area contributed by atoms with E-state index in [0.717, 1.165) is 15.8 Å². The Kier molecular flexibility index (Phi) is 4.86. The van der Waals surface area contributed by atoms with Crippen LogP contribution in [0.25, 0.3) is 0 Å². The highest BCUT2D eigenvalue weighted by Crippen LogP contribution is 2.19. The second-order valence-corrected chi connectivity index (χ2v) is 5.82. The second kappa shape index (κ2) is 6.62. The maximum absolute atomic E-state index is 11.7. The average Bonchev–Trinajstić information content (AvgIpc) is 2.87. The fraction of sp³-hybridized carbons (Fsp3) is 0.154. The Hall–Kier alpha value is -1.73. The lowest BCUT2D eigenvalue weighted by Gasteiger charge is -2.05. The third-order valence-corrected chi connectivity index (χ3v) is 3.82. The summed E-state index contributed by atoms with van der Waals surface area (Å²) >= 11 is 4.45. The summed E-state index contributed by atoms with van der Waals surface area (Å²) in [7, 11) is 0. The molecular weight excluding hydrogens is 344 g/mol. The molecule has 1 amide bonds. The molecule has 1 heterocycles. The van der Waals surface area contributed by atoms with Crippen LogP contribution in [0.5, 0.6) is 5.75 Å². The minimum absolute atomic E-state index is 0.0749. The minimum Gasteiger partial charge on any atom is -0.484 e. The molecular formula is C13H11BrN2O3S. The van der Waals surface area contributed by atoms with E-state index in [1.165, 1.54) is 13.1 Å². The summed E-state index contributed by atoms with van der Waals surface area (Å²) < 4.78 is 6.27. The van der Waals surface area contributed by atoms with Crippen LogP contribution >= 0.6 is 27.3 Å². The van der Waals surface area contributed by atoms with E-state index in [0.29, 0.717) is 15.8 Å². The molecule has 20 heavy (non-hydrogen) atoms. The number of amides is 1. The molecule has 0 bridgehead atoms. The summed E-state index contributed by atoms with van der Waals surface area (Å²) in [6.45, 7) is 1.34. The quantitative estimate of drug-likeness (QED) is 0.837. The van der Waals surface area contributed by atoms with E-state index in [4.69, 9.17) is 4.74 Å². The second-order valence-electron chi connectivity index (χ2n) is 3.88. The van der Waals surface area contributed by atoms with Crippen LogP contribution in [0.3, 0.4) is 0 Å². The summed E-state index contributed by atoms with van der Waals surface area (Å²) in [4.78, 5) is 27.2. The Labute approximate surface area is 128 Å². The van der Waals surface area contributed by atoms with Gasteiger partial charge in [-0.1, -0.05) is 27.3 Å². The molecule has 1 N–H and O–H groups in total. The van der Waals surface area contributed by atoms with E-state index in [1.807, 2.05) is 12.1 Å². The Morgan fingerprint density at radius 2 is 2.05 bits per heavy atom. The number of aromatic nitrogens is 1. The fourth-order valence-electron chi connectivity index (χ4n) is 1.33. The number of nitrogens with one attached hydrogen (secondary N) is 1. The highest BCUT2D eigenvalue weighted by molar-refractivity contribution is 9.10. The maximum atomic E-state index is 11.7. The van der Waals surface area contributed by atoms with Gasteiger partial charge in [0, 0.05) is 11.4 Å². The number of halogens is 1. The zero-order valence-electron chi connectivity index (χ0n) is 10.6. The van der Waals surface area contributed by atoms with Crippen LogP contribution in [0.15, 0.2) is 34.9 Å². The number of ketones is 1. The third kappa shape index (κ3) is 4.14. The van der Waals surface area contributed by atoms with Crippen molar-refractivity contribution in [3.63, 3.8) is 0 Å². The number of anilines is 1. The van der Waals surface area contributed by atoms with E-state index in [9.17, 15) is 9.59 Å². The van der Waals surface area contributed by atoms with Crippen molar-refractivity contribution < 1.29 is 14.3 Å². The number of Topliss-reactive ketones (excluding diaryl/α,β-unsaturated/α-hetero) is 1. The van der Waals surface area contributed by atoms with Gasteiger partial charge in [-0.15, -0.1) is 0 Å². The van der Waals surface area contributed by atoms with Crippen LogP contribution in [-0.2, 0) is 4.79 Å². The minimum atomic E-state index is -0.322. The SMILES string of the molecule is CC(=O)c1cnc(NC(=O)COc2ccc(Br)cc2)s1. The van der Waals surface area contributed by atoms with E-state index in [-0.39, 0.29) is 18.3 Å². The molecule has 5 nitrogen and oxygen atoms in total. The lowest BCUT2D eigenvalue weighted by atomic mass is 10.3. The van der Waals surface area contributed by atoms with E-state index >= 15 is 0 Å². The molecule has 0 fully saturated rings. The van der Waals surface area contributed by atoms with Gasteiger partial charge < -0.3 is 4.74 Å². The molecule has 0 unspecified atom stereocenters. The number of carbonyl (C=O) groups is 2. The maximum Gasteiger partial charge on any atom is 0.264 e. The number of nitrogens with zero attached hydrogens (tertiary/aromatic N) is 1. The normalized spacial score (nSPS) is 10.1. The molecule has 0 saturated carbocycles. The molecule has 0 atom stereocenters. The molecule has 0 aliphatic rings. The molecule has 7 heteroatoms. The fourth-order valence-corrected chi connectivity index (χ4v) is 2.32. The Balaban J connectivity index is 1.85. The molecule has 0 aliphatic heterocycles.